The SMILES string of the molecule is O=C(NCc1ccc(CN2CCCCC2)cc1)c1ccc(N2CCOCC2)cc1. The molecular weight excluding hydrogens is 362 g/mol. The van der Waals surface area contributed by atoms with E-state index in [1.54, 1.807) is 0 Å². The third kappa shape index (κ3) is 5.58. The number of benzene rings is 2. The van der Waals surface area contributed by atoms with Crippen molar-refractivity contribution in [2.24, 2.45) is 0 Å². The number of hydrogen-bond acceptors (Lipinski definition) is 4. The van der Waals surface area contributed by atoms with Gasteiger partial charge in [-0.3, -0.25) is 9.69 Å². The van der Waals surface area contributed by atoms with Crippen LogP contribution >= 0.6 is 0 Å². The molecule has 29 heavy (non-hydrogen) atoms. The first-order valence-corrected chi connectivity index (χ1v) is 10.8. The number of likely N-dealkylation sites (tertiary alicyclic amines) is 1. The van der Waals surface area contributed by atoms with Gasteiger partial charge in [0.2, 0.25) is 0 Å². The van der Waals surface area contributed by atoms with Crippen LogP contribution in [0, 0.1) is 0 Å². The number of anilines is 1. The lowest BCUT2D eigenvalue weighted by Gasteiger charge is -2.28. The van der Waals surface area contributed by atoms with E-state index in [1.165, 1.54) is 37.9 Å². The molecule has 0 radical (unpaired) electrons. The van der Waals surface area contributed by atoms with Gasteiger partial charge in [0, 0.05) is 37.4 Å². The number of rotatable bonds is 6. The molecule has 0 bridgehead atoms. The molecule has 1 N–H and O–H groups in total. The molecule has 2 fully saturated rings. The molecule has 0 spiro atoms. The smallest absolute Gasteiger partial charge is 0.251 e. The van der Waals surface area contributed by atoms with E-state index in [4.69, 9.17) is 4.74 Å². The van der Waals surface area contributed by atoms with Crippen LogP contribution in [-0.4, -0.2) is 50.2 Å². The highest BCUT2D eigenvalue weighted by Crippen LogP contribution is 2.17. The number of nitrogens with one attached hydrogen (secondary N) is 1. The van der Waals surface area contributed by atoms with Gasteiger partial charge in [-0.1, -0.05) is 30.7 Å². The lowest BCUT2D eigenvalue weighted by Crippen LogP contribution is -2.36. The van der Waals surface area contributed by atoms with Gasteiger partial charge in [-0.2, -0.15) is 0 Å². The van der Waals surface area contributed by atoms with Crippen LogP contribution in [0.5, 0.6) is 0 Å². The fraction of sp³-hybridized carbons (Fsp3) is 0.458. The average Bonchev–Trinajstić information content (AvgIpc) is 2.80. The van der Waals surface area contributed by atoms with Gasteiger partial charge in [0.05, 0.1) is 13.2 Å². The third-order valence-electron chi connectivity index (χ3n) is 5.84. The summed E-state index contributed by atoms with van der Waals surface area (Å²) in [6, 6.07) is 16.5. The Bertz CT molecular complexity index is 777. The Morgan fingerprint density at radius 3 is 2.17 bits per heavy atom. The second-order valence-corrected chi connectivity index (χ2v) is 7.98. The number of piperidine rings is 1. The van der Waals surface area contributed by atoms with Crippen LogP contribution in [0.1, 0.15) is 40.7 Å². The summed E-state index contributed by atoms with van der Waals surface area (Å²) in [5, 5.41) is 3.03. The first-order valence-electron chi connectivity index (χ1n) is 10.8. The number of carbonyl (C=O) groups excluding carboxylic acids is 1. The number of carbonyl (C=O) groups is 1. The van der Waals surface area contributed by atoms with Gasteiger partial charge in [-0.15, -0.1) is 0 Å². The lowest BCUT2D eigenvalue weighted by molar-refractivity contribution is 0.0951. The fourth-order valence-corrected chi connectivity index (χ4v) is 4.07. The van der Waals surface area contributed by atoms with Gasteiger partial charge in [0.1, 0.15) is 0 Å². The van der Waals surface area contributed by atoms with Gasteiger partial charge >= 0.3 is 0 Å². The normalized spacial score (nSPS) is 17.9. The van der Waals surface area contributed by atoms with Crippen molar-refractivity contribution in [1.29, 1.82) is 0 Å². The molecule has 2 aromatic rings. The molecular formula is C24H31N3O2. The molecule has 2 aromatic carbocycles. The molecule has 5 nitrogen and oxygen atoms in total. The van der Waals surface area contributed by atoms with Crippen LogP contribution in [0.4, 0.5) is 5.69 Å². The van der Waals surface area contributed by atoms with Crippen LogP contribution in [0.3, 0.4) is 0 Å². The summed E-state index contributed by atoms with van der Waals surface area (Å²) in [5.74, 6) is -0.0316. The molecule has 0 saturated carbocycles. The molecule has 0 unspecified atom stereocenters. The van der Waals surface area contributed by atoms with Crippen LogP contribution in [0.15, 0.2) is 48.5 Å². The summed E-state index contributed by atoms with van der Waals surface area (Å²) in [6.45, 7) is 7.33. The monoisotopic (exact) mass is 393 g/mol. The predicted molar refractivity (Wildman–Crippen MR) is 116 cm³/mol. The van der Waals surface area contributed by atoms with E-state index in [0.717, 1.165) is 44.1 Å². The van der Waals surface area contributed by atoms with Crippen molar-refractivity contribution >= 4 is 11.6 Å². The number of amides is 1. The largest absolute Gasteiger partial charge is 0.378 e. The predicted octanol–water partition coefficient (Wildman–Crippen LogP) is 3.44. The molecule has 2 saturated heterocycles. The average molecular weight is 394 g/mol. The molecule has 2 aliphatic heterocycles. The summed E-state index contributed by atoms with van der Waals surface area (Å²) in [6.07, 6.45) is 4.00. The Hall–Kier alpha value is -2.37. The maximum absolute atomic E-state index is 12.5. The highest BCUT2D eigenvalue weighted by molar-refractivity contribution is 5.94. The first-order chi connectivity index (χ1) is 14.3. The highest BCUT2D eigenvalue weighted by atomic mass is 16.5. The van der Waals surface area contributed by atoms with E-state index in [0.29, 0.717) is 12.1 Å². The minimum Gasteiger partial charge on any atom is -0.378 e. The van der Waals surface area contributed by atoms with Gasteiger partial charge < -0.3 is 15.0 Å². The maximum atomic E-state index is 12.5. The molecule has 5 heteroatoms. The number of morpholine rings is 1. The Morgan fingerprint density at radius 2 is 1.48 bits per heavy atom. The van der Waals surface area contributed by atoms with E-state index < -0.39 is 0 Å². The van der Waals surface area contributed by atoms with Crippen LogP contribution < -0.4 is 10.2 Å². The van der Waals surface area contributed by atoms with Crippen molar-refractivity contribution < 1.29 is 9.53 Å². The Balaban J connectivity index is 1.26. The molecule has 2 aliphatic rings. The summed E-state index contributed by atoms with van der Waals surface area (Å²) >= 11 is 0. The summed E-state index contributed by atoms with van der Waals surface area (Å²) in [7, 11) is 0. The summed E-state index contributed by atoms with van der Waals surface area (Å²) in [4.78, 5) is 17.3. The van der Waals surface area contributed by atoms with Crippen molar-refractivity contribution in [1.82, 2.24) is 10.2 Å². The number of ether oxygens (including phenoxy) is 1. The van der Waals surface area contributed by atoms with E-state index in [1.807, 2.05) is 24.3 Å². The van der Waals surface area contributed by atoms with Gasteiger partial charge in [-0.05, 0) is 61.3 Å². The quantitative estimate of drug-likeness (QED) is 0.817. The van der Waals surface area contributed by atoms with Crippen molar-refractivity contribution in [3.63, 3.8) is 0 Å². The minimum atomic E-state index is -0.0316. The van der Waals surface area contributed by atoms with Crippen LogP contribution in [0.25, 0.3) is 0 Å². The van der Waals surface area contributed by atoms with Gasteiger partial charge in [0.15, 0.2) is 0 Å². The molecule has 1 amide bonds. The Morgan fingerprint density at radius 1 is 0.828 bits per heavy atom. The Kier molecular flexibility index (Phi) is 6.80. The van der Waals surface area contributed by atoms with E-state index in [-0.39, 0.29) is 5.91 Å². The lowest BCUT2D eigenvalue weighted by atomic mass is 10.1. The number of nitrogens with zero attached hydrogens (tertiary/aromatic N) is 2. The number of hydrogen-bond donors (Lipinski definition) is 1. The molecule has 4 rings (SSSR count). The van der Waals surface area contributed by atoms with Gasteiger partial charge in [0.25, 0.3) is 5.91 Å². The maximum Gasteiger partial charge on any atom is 0.251 e. The standard InChI is InChI=1S/C24H31N3O2/c28-24(22-8-10-23(11-9-22)27-14-16-29-17-15-27)25-18-20-4-6-21(7-5-20)19-26-12-2-1-3-13-26/h4-11H,1-3,12-19H2,(H,25,28). The second kappa shape index (κ2) is 9.90. The minimum absolute atomic E-state index is 0.0316. The summed E-state index contributed by atoms with van der Waals surface area (Å²) in [5.41, 5.74) is 4.32. The zero-order valence-electron chi connectivity index (χ0n) is 17.1. The highest BCUT2D eigenvalue weighted by Gasteiger charge is 2.13. The second-order valence-electron chi connectivity index (χ2n) is 7.98. The summed E-state index contributed by atoms with van der Waals surface area (Å²) < 4.78 is 5.39. The fourth-order valence-electron chi connectivity index (χ4n) is 4.07. The first kappa shape index (κ1) is 19.9. The van der Waals surface area contributed by atoms with Crippen molar-refractivity contribution in [3.05, 3.63) is 65.2 Å². The molecule has 0 atom stereocenters. The molecule has 0 aliphatic carbocycles. The zero-order valence-corrected chi connectivity index (χ0v) is 17.1. The molecule has 2 heterocycles. The third-order valence-corrected chi connectivity index (χ3v) is 5.84. The van der Waals surface area contributed by atoms with Crippen LogP contribution in [-0.2, 0) is 17.8 Å². The topological polar surface area (TPSA) is 44.8 Å². The van der Waals surface area contributed by atoms with Crippen molar-refractivity contribution in [3.8, 4) is 0 Å². The van der Waals surface area contributed by atoms with E-state index in [9.17, 15) is 4.79 Å². The van der Waals surface area contributed by atoms with Crippen molar-refractivity contribution in [2.45, 2.75) is 32.4 Å². The van der Waals surface area contributed by atoms with E-state index >= 15 is 0 Å². The molecule has 154 valence electrons. The zero-order chi connectivity index (χ0) is 19.9. The van der Waals surface area contributed by atoms with E-state index in [2.05, 4.69) is 39.4 Å². The molecule has 0 aromatic heterocycles. The van der Waals surface area contributed by atoms with Crippen LogP contribution in [0.2, 0.25) is 0 Å². The Labute approximate surface area is 173 Å². The van der Waals surface area contributed by atoms with Gasteiger partial charge in [-0.25, -0.2) is 0 Å². The van der Waals surface area contributed by atoms with Crippen molar-refractivity contribution in [2.75, 3.05) is 44.3 Å².